The van der Waals surface area contributed by atoms with Crippen LogP contribution >= 0.6 is 0 Å². The maximum absolute atomic E-state index is 12.5. The van der Waals surface area contributed by atoms with E-state index in [4.69, 9.17) is 18.9 Å². The maximum Gasteiger partial charge on any atom is 0.305 e. The molecule has 0 N–H and O–H groups in total. The van der Waals surface area contributed by atoms with E-state index < -0.39 is 0 Å². The molecular weight excluding hydrogens is 386 g/mol. The van der Waals surface area contributed by atoms with Crippen molar-refractivity contribution in [3.05, 3.63) is 53.9 Å². The first-order valence-corrected chi connectivity index (χ1v) is 9.77. The molecule has 0 fully saturated rings. The molecule has 30 heavy (non-hydrogen) atoms. The molecule has 2 aromatic rings. The normalized spacial score (nSPS) is 10.6. The number of carbonyl (C=O) groups excluding carboxylic acids is 2. The average Bonchev–Trinajstić information content (AvgIpc) is 2.77. The number of unbranched alkanes of at least 4 members (excludes halogenated alkanes) is 1. The van der Waals surface area contributed by atoms with Crippen molar-refractivity contribution in [3.8, 4) is 17.2 Å². The Morgan fingerprint density at radius 2 is 1.80 bits per heavy atom. The number of hydrogen-bond donors (Lipinski definition) is 0. The Morgan fingerprint density at radius 1 is 1.03 bits per heavy atom. The fourth-order valence-corrected chi connectivity index (χ4v) is 2.68. The summed E-state index contributed by atoms with van der Waals surface area (Å²) < 4.78 is 21.2. The van der Waals surface area contributed by atoms with Gasteiger partial charge in [0.2, 0.25) is 0 Å². The van der Waals surface area contributed by atoms with Crippen LogP contribution in [-0.4, -0.2) is 44.2 Å². The van der Waals surface area contributed by atoms with Gasteiger partial charge in [-0.25, -0.2) is 0 Å². The number of esters is 1. The Kier molecular flexibility index (Phi) is 9.37. The number of carbonyl (C=O) groups is 2. The highest BCUT2D eigenvalue weighted by atomic mass is 16.5. The lowest BCUT2D eigenvalue weighted by Crippen LogP contribution is -2.05. The number of hydrogen-bond acceptors (Lipinski definition) is 7. The van der Waals surface area contributed by atoms with Gasteiger partial charge in [-0.3, -0.25) is 14.6 Å². The molecule has 0 saturated heterocycles. The average molecular weight is 413 g/mol. The number of para-hydroxylation sites is 1. The van der Waals surface area contributed by atoms with Gasteiger partial charge in [0, 0.05) is 12.5 Å². The number of benzene rings is 1. The molecule has 1 heterocycles. The molecule has 0 bridgehead atoms. The van der Waals surface area contributed by atoms with E-state index in [0.29, 0.717) is 61.0 Å². The van der Waals surface area contributed by atoms with Crippen molar-refractivity contribution in [1.82, 2.24) is 4.98 Å². The van der Waals surface area contributed by atoms with Crippen molar-refractivity contribution in [2.24, 2.45) is 0 Å². The molecule has 7 nitrogen and oxygen atoms in total. The van der Waals surface area contributed by atoms with Gasteiger partial charge in [0.15, 0.2) is 17.3 Å². The summed E-state index contributed by atoms with van der Waals surface area (Å²) in [5.74, 6) is 1.14. The first kappa shape index (κ1) is 22.9. The second kappa shape index (κ2) is 12.3. The summed E-state index contributed by atoms with van der Waals surface area (Å²) in [6.45, 7) is 2.59. The van der Waals surface area contributed by atoms with Gasteiger partial charge in [-0.05, 0) is 44.1 Å². The van der Waals surface area contributed by atoms with Crippen LogP contribution in [0.2, 0.25) is 0 Å². The number of allylic oxidation sites excluding steroid dienone is 1. The molecular formula is C23H27NO6. The minimum absolute atomic E-state index is 0.188. The third kappa shape index (κ3) is 6.92. The smallest absolute Gasteiger partial charge is 0.305 e. The van der Waals surface area contributed by atoms with Crippen LogP contribution in [0.25, 0.3) is 6.08 Å². The monoisotopic (exact) mass is 413 g/mol. The minimum Gasteiger partial charge on any atom is -0.496 e. The Balaban J connectivity index is 1.98. The molecule has 1 aromatic carbocycles. The van der Waals surface area contributed by atoms with Crippen LogP contribution in [0.15, 0.2) is 42.6 Å². The number of ketones is 1. The predicted octanol–water partition coefficient (Wildman–Crippen LogP) is 4.11. The van der Waals surface area contributed by atoms with Gasteiger partial charge in [0.1, 0.15) is 5.75 Å². The summed E-state index contributed by atoms with van der Waals surface area (Å²) in [7, 11) is 3.06. The highest BCUT2D eigenvalue weighted by Crippen LogP contribution is 2.27. The molecule has 2 rings (SSSR count). The summed E-state index contributed by atoms with van der Waals surface area (Å²) in [6, 6.07) is 8.73. The van der Waals surface area contributed by atoms with Crippen LogP contribution in [0.1, 0.15) is 42.2 Å². The quantitative estimate of drug-likeness (QED) is 0.224. The Bertz CT molecular complexity index is 878. The van der Waals surface area contributed by atoms with E-state index in [9.17, 15) is 9.59 Å². The lowest BCUT2D eigenvalue weighted by molar-refractivity contribution is -0.143. The highest BCUT2D eigenvalue weighted by molar-refractivity contribution is 6.08. The van der Waals surface area contributed by atoms with Crippen LogP contribution in [0.4, 0.5) is 0 Å². The van der Waals surface area contributed by atoms with Crippen LogP contribution in [0, 0.1) is 0 Å². The molecule has 0 radical (unpaired) electrons. The third-order valence-electron chi connectivity index (χ3n) is 4.19. The van der Waals surface area contributed by atoms with Crippen LogP contribution in [0.3, 0.4) is 0 Å². The first-order chi connectivity index (χ1) is 14.6. The summed E-state index contributed by atoms with van der Waals surface area (Å²) in [5, 5.41) is 0. The number of ether oxygens (including phenoxy) is 4. The van der Waals surface area contributed by atoms with Crippen molar-refractivity contribution >= 4 is 17.8 Å². The summed E-state index contributed by atoms with van der Waals surface area (Å²) in [4.78, 5) is 28.1. The van der Waals surface area contributed by atoms with E-state index in [1.807, 2.05) is 0 Å². The number of methoxy groups -OCH3 is 2. The van der Waals surface area contributed by atoms with Gasteiger partial charge >= 0.3 is 5.97 Å². The zero-order chi connectivity index (χ0) is 21.8. The fourth-order valence-electron chi connectivity index (χ4n) is 2.68. The standard InChI is InChI=1S/C23H27NO6/c1-4-29-23(26)11-7-8-14-30-21-15-17(24-16-22(21)28-3)12-13-19(25)18-9-5-6-10-20(18)27-2/h5-6,9-10,12-13,15-16H,4,7-8,11,14H2,1-3H3. The van der Waals surface area contributed by atoms with E-state index in [2.05, 4.69) is 4.98 Å². The van der Waals surface area contributed by atoms with E-state index >= 15 is 0 Å². The molecule has 160 valence electrons. The zero-order valence-electron chi connectivity index (χ0n) is 17.6. The minimum atomic E-state index is -0.203. The van der Waals surface area contributed by atoms with Crippen molar-refractivity contribution in [3.63, 3.8) is 0 Å². The Labute approximate surface area is 176 Å². The van der Waals surface area contributed by atoms with Crippen molar-refractivity contribution in [2.45, 2.75) is 26.2 Å². The largest absolute Gasteiger partial charge is 0.496 e. The second-order valence-electron chi connectivity index (χ2n) is 6.27. The van der Waals surface area contributed by atoms with E-state index in [0.717, 1.165) is 0 Å². The molecule has 0 saturated carbocycles. The summed E-state index contributed by atoms with van der Waals surface area (Å²) >= 11 is 0. The SMILES string of the molecule is CCOC(=O)CCCCOc1cc(C=CC(=O)c2ccccc2OC)ncc1OC. The van der Waals surface area contributed by atoms with Gasteiger partial charge in [-0.1, -0.05) is 12.1 Å². The summed E-state index contributed by atoms with van der Waals surface area (Å²) in [5.41, 5.74) is 1.03. The van der Waals surface area contributed by atoms with E-state index in [-0.39, 0.29) is 11.8 Å². The molecule has 0 atom stereocenters. The molecule has 0 unspecified atom stereocenters. The molecule has 0 amide bonds. The number of pyridine rings is 1. The number of rotatable bonds is 12. The second-order valence-corrected chi connectivity index (χ2v) is 6.27. The Hall–Kier alpha value is -3.35. The third-order valence-corrected chi connectivity index (χ3v) is 4.19. The maximum atomic E-state index is 12.5. The zero-order valence-corrected chi connectivity index (χ0v) is 17.6. The molecule has 7 heteroatoms. The molecule has 1 aromatic heterocycles. The van der Waals surface area contributed by atoms with E-state index in [1.54, 1.807) is 49.5 Å². The van der Waals surface area contributed by atoms with Crippen molar-refractivity contribution < 1.29 is 28.5 Å². The molecule has 0 aliphatic heterocycles. The van der Waals surface area contributed by atoms with Gasteiger partial charge in [0.05, 0.1) is 44.9 Å². The lowest BCUT2D eigenvalue weighted by Gasteiger charge is -2.11. The topological polar surface area (TPSA) is 84.0 Å². The van der Waals surface area contributed by atoms with Crippen LogP contribution in [0.5, 0.6) is 17.2 Å². The summed E-state index contributed by atoms with van der Waals surface area (Å²) in [6.07, 6.45) is 6.33. The Morgan fingerprint density at radius 3 is 2.53 bits per heavy atom. The van der Waals surface area contributed by atoms with E-state index in [1.165, 1.54) is 20.3 Å². The van der Waals surface area contributed by atoms with Crippen molar-refractivity contribution in [2.75, 3.05) is 27.4 Å². The molecule has 0 aliphatic rings. The van der Waals surface area contributed by atoms with Gasteiger partial charge in [-0.15, -0.1) is 0 Å². The van der Waals surface area contributed by atoms with Crippen molar-refractivity contribution in [1.29, 1.82) is 0 Å². The molecule has 0 aliphatic carbocycles. The number of aromatic nitrogens is 1. The van der Waals surface area contributed by atoms with Crippen LogP contribution < -0.4 is 14.2 Å². The highest BCUT2D eigenvalue weighted by Gasteiger charge is 2.10. The van der Waals surface area contributed by atoms with Gasteiger partial charge in [0.25, 0.3) is 0 Å². The first-order valence-electron chi connectivity index (χ1n) is 9.77. The van der Waals surface area contributed by atoms with Gasteiger partial charge < -0.3 is 18.9 Å². The fraction of sp³-hybridized carbons (Fsp3) is 0.348. The van der Waals surface area contributed by atoms with Crippen LogP contribution in [-0.2, 0) is 9.53 Å². The predicted molar refractivity (Wildman–Crippen MR) is 113 cm³/mol. The van der Waals surface area contributed by atoms with Gasteiger partial charge in [-0.2, -0.15) is 0 Å². The lowest BCUT2D eigenvalue weighted by atomic mass is 10.1. The molecule has 0 spiro atoms. The number of nitrogens with zero attached hydrogens (tertiary/aromatic N) is 1.